The quantitative estimate of drug-likeness (QED) is 0.278. The summed E-state index contributed by atoms with van der Waals surface area (Å²) < 4.78 is 0. The van der Waals surface area contributed by atoms with Crippen LogP contribution in [-0.2, 0) is 11.3 Å². The predicted octanol–water partition coefficient (Wildman–Crippen LogP) is 7.36. The Morgan fingerprint density at radius 3 is 1.68 bits per heavy atom. The van der Waals surface area contributed by atoms with Crippen LogP contribution < -0.4 is 5.32 Å². The van der Waals surface area contributed by atoms with Crippen LogP contribution in [0.15, 0.2) is 90.0 Å². The van der Waals surface area contributed by atoms with E-state index in [1.54, 1.807) is 0 Å². The van der Waals surface area contributed by atoms with Crippen LogP contribution in [0.5, 0.6) is 0 Å². The number of carbonyl (C=O) groups excluding carboxylic acids is 1. The zero-order chi connectivity index (χ0) is 26.4. The van der Waals surface area contributed by atoms with Gasteiger partial charge >= 0.3 is 0 Å². The zero-order valence-corrected chi connectivity index (χ0v) is 23.0. The van der Waals surface area contributed by atoms with Crippen molar-refractivity contribution < 1.29 is 4.79 Å². The molecule has 0 spiro atoms. The summed E-state index contributed by atoms with van der Waals surface area (Å²) in [4.78, 5) is 15.7. The van der Waals surface area contributed by atoms with Gasteiger partial charge in [-0.2, -0.15) is 0 Å². The number of piperidine rings is 1. The van der Waals surface area contributed by atoms with Gasteiger partial charge in [0.05, 0.1) is 0 Å². The number of thiocarbonyl (C=S) groups is 1. The Hall–Kier alpha value is -3.50. The van der Waals surface area contributed by atoms with Crippen LogP contribution >= 0.6 is 12.2 Å². The van der Waals surface area contributed by atoms with Crippen molar-refractivity contribution in [1.82, 2.24) is 10.2 Å². The molecule has 1 N–H and O–H groups in total. The molecule has 1 heterocycles. The maximum absolute atomic E-state index is 13.6. The predicted molar refractivity (Wildman–Crippen MR) is 159 cm³/mol. The molecule has 4 rings (SSSR count). The number of rotatable bonds is 6. The van der Waals surface area contributed by atoms with Gasteiger partial charge in [0.1, 0.15) is 0 Å². The Labute approximate surface area is 226 Å². The highest BCUT2D eigenvalue weighted by Crippen LogP contribution is 2.24. The molecule has 3 nitrogen and oxygen atoms in total. The van der Waals surface area contributed by atoms with Crippen LogP contribution in [0, 0.1) is 0 Å². The molecule has 0 unspecified atom stereocenters. The lowest BCUT2D eigenvalue weighted by Crippen LogP contribution is -2.46. The van der Waals surface area contributed by atoms with Gasteiger partial charge in [-0.3, -0.25) is 4.79 Å². The molecule has 0 aliphatic carbocycles. The number of Topliss-reactive ketones (excluding diaryl/α,β-unsaturated/α-hetero) is 1. The Kier molecular flexibility index (Phi) is 8.73. The number of nitrogens with zero attached hydrogens (tertiary/aromatic N) is 1. The van der Waals surface area contributed by atoms with Gasteiger partial charge in [0.25, 0.3) is 0 Å². The Morgan fingerprint density at radius 1 is 0.784 bits per heavy atom. The van der Waals surface area contributed by atoms with Crippen LogP contribution in [0.4, 0.5) is 0 Å². The van der Waals surface area contributed by atoms with Crippen LogP contribution in [0.25, 0.3) is 12.2 Å². The first-order valence-electron chi connectivity index (χ1n) is 13.0. The van der Waals surface area contributed by atoms with E-state index in [1.165, 1.54) is 16.7 Å². The van der Waals surface area contributed by atoms with E-state index >= 15 is 0 Å². The molecule has 0 bridgehead atoms. The van der Waals surface area contributed by atoms with E-state index in [0.717, 1.165) is 22.3 Å². The van der Waals surface area contributed by atoms with Gasteiger partial charge < -0.3 is 10.2 Å². The molecule has 0 aromatic heterocycles. The fourth-order valence-corrected chi connectivity index (χ4v) is 4.63. The van der Waals surface area contributed by atoms with Crippen molar-refractivity contribution in [3.8, 4) is 0 Å². The SMILES string of the molecule is CC(C)c1ccc(/C=C2\CN(C(=S)NCc3ccccc3)C/C(=C\c3ccc(C(C)C)cc3)C2=O)cc1. The highest BCUT2D eigenvalue weighted by Gasteiger charge is 2.27. The number of ketones is 1. The maximum Gasteiger partial charge on any atom is 0.188 e. The van der Waals surface area contributed by atoms with Crippen LogP contribution in [0.3, 0.4) is 0 Å². The Balaban J connectivity index is 1.61. The number of benzene rings is 3. The van der Waals surface area contributed by atoms with Crippen LogP contribution in [-0.4, -0.2) is 28.9 Å². The molecular formula is C33H36N2OS. The average molecular weight is 509 g/mol. The molecule has 1 fully saturated rings. The van der Waals surface area contributed by atoms with Gasteiger partial charge in [0, 0.05) is 30.8 Å². The Morgan fingerprint density at radius 2 is 1.24 bits per heavy atom. The second kappa shape index (κ2) is 12.2. The molecule has 1 aliphatic rings. The van der Waals surface area contributed by atoms with Gasteiger partial charge in [-0.1, -0.05) is 107 Å². The average Bonchev–Trinajstić information content (AvgIpc) is 2.90. The Bertz CT molecular complexity index is 1210. The van der Waals surface area contributed by atoms with Crippen LogP contribution in [0.2, 0.25) is 0 Å². The van der Waals surface area contributed by atoms with E-state index in [9.17, 15) is 4.79 Å². The van der Waals surface area contributed by atoms with Gasteiger partial charge in [-0.15, -0.1) is 0 Å². The maximum atomic E-state index is 13.6. The van der Waals surface area contributed by atoms with Gasteiger partial charge in [0.15, 0.2) is 10.9 Å². The van der Waals surface area contributed by atoms with Crippen molar-refractivity contribution in [2.45, 2.75) is 46.1 Å². The summed E-state index contributed by atoms with van der Waals surface area (Å²) in [5.74, 6) is 1.03. The van der Waals surface area contributed by atoms with Crippen molar-refractivity contribution in [1.29, 1.82) is 0 Å². The second-order valence-electron chi connectivity index (χ2n) is 10.3. The standard InChI is InChI=1S/C33H36N2OS/c1-23(2)28-14-10-25(11-15-28)18-30-21-35(33(37)34-20-27-8-6-5-7-9-27)22-31(32(30)36)19-26-12-16-29(17-13-26)24(3)4/h5-19,23-24H,20-22H2,1-4H3,(H,34,37)/b30-18+,31-19+. The summed E-state index contributed by atoms with van der Waals surface area (Å²) in [7, 11) is 0. The van der Waals surface area contributed by atoms with Gasteiger partial charge in [-0.05, 0) is 64.0 Å². The third-order valence-corrected chi connectivity index (χ3v) is 7.17. The minimum Gasteiger partial charge on any atom is -0.358 e. The van der Waals surface area contributed by atoms with Crippen molar-refractivity contribution >= 4 is 35.3 Å². The number of nitrogens with one attached hydrogen (secondary N) is 1. The van der Waals surface area contributed by atoms with Crippen LogP contribution in [0.1, 0.15) is 67.3 Å². The minimum absolute atomic E-state index is 0.0861. The lowest BCUT2D eigenvalue weighted by Gasteiger charge is -2.32. The fourth-order valence-electron chi connectivity index (χ4n) is 4.42. The largest absolute Gasteiger partial charge is 0.358 e. The molecule has 1 aliphatic heterocycles. The van der Waals surface area contributed by atoms with E-state index in [2.05, 4.69) is 98.6 Å². The van der Waals surface area contributed by atoms with E-state index in [4.69, 9.17) is 12.2 Å². The monoisotopic (exact) mass is 508 g/mol. The number of hydrogen-bond acceptors (Lipinski definition) is 2. The topological polar surface area (TPSA) is 32.3 Å². The fraction of sp³-hybridized carbons (Fsp3) is 0.273. The second-order valence-corrected chi connectivity index (χ2v) is 10.7. The lowest BCUT2D eigenvalue weighted by molar-refractivity contribution is -0.113. The van der Waals surface area contributed by atoms with Gasteiger partial charge in [-0.25, -0.2) is 0 Å². The van der Waals surface area contributed by atoms with Crippen molar-refractivity contribution in [3.63, 3.8) is 0 Å². The highest BCUT2D eigenvalue weighted by molar-refractivity contribution is 7.80. The molecule has 0 radical (unpaired) electrons. The number of carbonyl (C=O) groups is 1. The highest BCUT2D eigenvalue weighted by atomic mass is 32.1. The smallest absolute Gasteiger partial charge is 0.188 e. The van der Waals surface area contributed by atoms with E-state index in [0.29, 0.717) is 36.6 Å². The summed E-state index contributed by atoms with van der Waals surface area (Å²) in [5.41, 5.74) is 7.29. The zero-order valence-electron chi connectivity index (χ0n) is 22.2. The third-order valence-electron chi connectivity index (χ3n) is 6.77. The first-order chi connectivity index (χ1) is 17.8. The molecule has 1 saturated heterocycles. The first kappa shape index (κ1) is 26.6. The molecule has 3 aromatic carbocycles. The summed E-state index contributed by atoms with van der Waals surface area (Å²) >= 11 is 5.79. The van der Waals surface area contributed by atoms with Crippen molar-refractivity contribution in [3.05, 3.63) is 118 Å². The summed E-state index contributed by atoms with van der Waals surface area (Å²) in [5, 5.41) is 4.04. The normalized spacial score (nSPS) is 16.2. The van der Waals surface area contributed by atoms with Crippen molar-refractivity contribution in [2.24, 2.45) is 0 Å². The molecule has 4 heteroatoms. The van der Waals surface area contributed by atoms with E-state index in [-0.39, 0.29) is 5.78 Å². The minimum atomic E-state index is 0.0861. The molecular weight excluding hydrogens is 472 g/mol. The van der Waals surface area contributed by atoms with Crippen molar-refractivity contribution in [2.75, 3.05) is 13.1 Å². The van der Waals surface area contributed by atoms with E-state index < -0.39 is 0 Å². The van der Waals surface area contributed by atoms with E-state index in [1.807, 2.05) is 30.4 Å². The summed E-state index contributed by atoms with van der Waals surface area (Å²) in [6.07, 6.45) is 4.02. The molecule has 190 valence electrons. The number of likely N-dealkylation sites (tertiary alicyclic amines) is 1. The molecule has 0 atom stereocenters. The number of hydrogen-bond donors (Lipinski definition) is 1. The molecule has 0 saturated carbocycles. The molecule has 3 aromatic rings. The summed E-state index contributed by atoms with van der Waals surface area (Å²) in [6.45, 7) is 10.3. The molecule has 0 amide bonds. The third kappa shape index (κ3) is 7.05. The first-order valence-corrected chi connectivity index (χ1v) is 13.4. The van der Waals surface area contributed by atoms with Gasteiger partial charge in [0.2, 0.25) is 0 Å². The molecule has 37 heavy (non-hydrogen) atoms. The summed E-state index contributed by atoms with van der Waals surface area (Å²) in [6, 6.07) is 27.1. The lowest BCUT2D eigenvalue weighted by atomic mass is 9.93.